The molecule has 86 valence electrons. The molecule has 15 heavy (non-hydrogen) atoms. The molecule has 2 unspecified atom stereocenters. The highest BCUT2D eigenvalue weighted by atomic mass is 19.1. The average Bonchev–Trinajstić information content (AvgIpc) is 2.14. The molecule has 0 amide bonds. The van der Waals surface area contributed by atoms with E-state index in [9.17, 15) is 14.3 Å². The Hall–Kier alpha value is -0.640. The van der Waals surface area contributed by atoms with Crippen LogP contribution in [0, 0.1) is 11.3 Å². The highest BCUT2D eigenvalue weighted by molar-refractivity contribution is 5.75. The van der Waals surface area contributed by atoms with E-state index in [1.165, 1.54) is 0 Å². The minimum absolute atomic E-state index is 0.0565. The number of aliphatic carboxylic acids is 1. The highest BCUT2D eigenvalue weighted by Gasteiger charge is 2.50. The second kappa shape index (κ2) is 4.08. The van der Waals surface area contributed by atoms with Crippen molar-refractivity contribution in [3.8, 4) is 0 Å². The number of carbonyl (C=O) groups is 1. The summed E-state index contributed by atoms with van der Waals surface area (Å²) in [6.07, 6.45) is 2.75. The van der Waals surface area contributed by atoms with Gasteiger partial charge in [-0.1, -0.05) is 19.3 Å². The van der Waals surface area contributed by atoms with Crippen molar-refractivity contribution in [3.63, 3.8) is 0 Å². The molecule has 1 saturated heterocycles. The molecule has 1 aliphatic carbocycles. The predicted molar refractivity (Wildman–Crippen MR) is 52.4 cm³/mol. The van der Waals surface area contributed by atoms with E-state index in [0.29, 0.717) is 25.4 Å². The van der Waals surface area contributed by atoms with Crippen LogP contribution in [0.15, 0.2) is 0 Å². The number of carboxylic acid groups (broad SMARTS) is 1. The summed E-state index contributed by atoms with van der Waals surface area (Å²) in [7, 11) is 0. The first kappa shape index (κ1) is 10.9. The molecule has 1 saturated carbocycles. The third-order valence-electron chi connectivity index (χ3n) is 3.86. The van der Waals surface area contributed by atoms with Gasteiger partial charge in [0.25, 0.3) is 0 Å². The largest absolute Gasteiger partial charge is 0.481 e. The lowest BCUT2D eigenvalue weighted by atomic mass is 9.67. The standard InChI is InChI=1S/C11H17FO3/c12-9-7-15-5-4-11(9,10(13)14)6-8-2-1-3-8/h8-9H,1-7H2,(H,13,14). The van der Waals surface area contributed by atoms with Gasteiger partial charge in [0, 0.05) is 6.61 Å². The third kappa shape index (κ3) is 1.87. The lowest BCUT2D eigenvalue weighted by Gasteiger charge is -2.40. The predicted octanol–water partition coefficient (Wildman–Crippen LogP) is 2.01. The van der Waals surface area contributed by atoms with Gasteiger partial charge in [-0.25, -0.2) is 4.39 Å². The zero-order valence-electron chi connectivity index (χ0n) is 8.75. The van der Waals surface area contributed by atoms with E-state index >= 15 is 0 Å². The summed E-state index contributed by atoms with van der Waals surface area (Å²) in [6, 6.07) is 0. The van der Waals surface area contributed by atoms with Gasteiger partial charge in [-0.2, -0.15) is 0 Å². The van der Waals surface area contributed by atoms with E-state index in [4.69, 9.17) is 4.74 Å². The zero-order valence-corrected chi connectivity index (χ0v) is 8.75. The summed E-state index contributed by atoms with van der Waals surface area (Å²) in [4.78, 5) is 11.3. The second-order valence-corrected chi connectivity index (χ2v) is 4.75. The Kier molecular flexibility index (Phi) is 2.96. The minimum Gasteiger partial charge on any atom is -0.481 e. The van der Waals surface area contributed by atoms with Gasteiger partial charge in [0.1, 0.15) is 11.6 Å². The molecule has 2 atom stereocenters. The molecule has 0 bridgehead atoms. The SMILES string of the molecule is O=C(O)C1(CC2CCC2)CCOCC1F. The molecule has 0 aromatic heterocycles. The molecule has 2 aliphatic rings. The summed E-state index contributed by atoms with van der Waals surface area (Å²) in [6.45, 7) is 0.318. The van der Waals surface area contributed by atoms with Crippen LogP contribution in [-0.2, 0) is 9.53 Å². The molecular weight excluding hydrogens is 199 g/mol. The van der Waals surface area contributed by atoms with E-state index in [0.717, 1.165) is 19.3 Å². The zero-order chi connectivity index (χ0) is 10.9. The maximum absolute atomic E-state index is 13.8. The molecule has 1 heterocycles. The lowest BCUT2D eigenvalue weighted by Crippen LogP contribution is -2.48. The van der Waals surface area contributed by atoms with E-state index in [2.05, 4.69) is 0 Å². The molecule has 0 aromatic rings. The number of rotatable bonds is 3. The van der Waals surface area contributed by atoms with Crippen LogP contribution in [-0.4, -0.2) is 30.5 Å². The first-order valence-corrected chi connectivity index (χ1v) is 5.60. The van der Waals surface area contributed by atoms with Gasteiger partial charge < -0.3 is 9.84 Å². The van der Waals surface area contributed by atoms with Crippen molar-refractivity contribution in [2.24, 2.45) is 11.3 Å². The molecule has 1 N–H and O–H groups in total. The van der Waals surface area contributed by atoms with E-state index in [1.807, 2.05) is 0 Å². The number of ether oxygens (including phenoxy) is 1. The Labute approximate surface area is 88.6 Å². The van der Waals surface area contributed by atoms with Crippen LogP contribution in [0.2, 0.25) is 0 Å². The van der Waals surface area contributed by atoms with Crippen molar-refractivity contribution in [2.75, 3.05) is 13.2 Å². The maximum Gasteiger partial charge on any atom is 0.312 e. The number of carboxylic acids is 1. The maximum atomic E-state index is 13.8. The van der Waals surface area contributed by atoms with Crippen molar-refractivity contribution in [1.29, 1.82) is 0 Å². The topological polar surface area (TPSA) is 46.5 Å². The Bertz CT molecular complexity index is 252. The number of halogens is 1. The monoisotopic (exact) mass is 216 g/mol. The molecule has 2 fully saturated rings. The van der Waals surface area contributed by atoms with Crippen LogP contribution in [0.3, 0.4) is 0 Å². The van der Waals surface area contributed by atoms with Crippen molar-refractivity contribution in [1.82, 2.24) is 0 Å². The van der Waals surface area contributed by atoms with Crippen molar-refractivity contribution in [2.45, 2.75) is 38.3 Å². The minimum atomic E-state index is -1.34. The van der Waals surface area contributed by atoms with Gasteiger partial charge in [0.2, 0.25) is 0 Å². The number of hydrogen-bond acceptors (Lipinski definition) is 2. The van der Waals surface area contributed by atoms with Gasteiger partial charge in [-0.05, 0) is 18.8 Å². The molecular formula is C11H17FO3. The van der Waals surface area contributed by atoms with E-state index in [-0.39, 0.29) is 6.61 Å². The summed E-state index contributed by atoms with van der Waals surface area (Å²) >= 11 is 0. The first-order valence-electron chi connectivity index (χ1n) is 5.60. The Morgan fingerprint density at radius 3 is 2.73 bits per heavy atom. The van der Waals surface area contributed by atoms with Crippen LogP contribution >= 0.6 is 0 Å². The lowest BCUT2D eigenvalue weighted by molar-refractivity contribution is -0.166. The van der Waals surface area contributed by atoms with Gasteiger partial charge in [0.15, 0.2) is 0 Å². The summed E-state index contributed by atoms with van der Waals surface area (Å²) < 4.78 is 18.8. The molecule has 0 radical (unpaired) electrons. The number of alkyl halides is 1. The van der Waals surface area contributed by atoms with Crippen LogP contribution < -0.4 is 0 Å². The quantitative estimate of drug-likeness (QED) is 0.785. The fraction of sp³-hybridized carbons (Fsp3) is 0.909. The van der Waals surface area contributed by atoms with Crippen LogP contribution in [0.4, 0.5) is 4.39 Å². The summed E-state index contributed by atoms with van der Waals surface area (Å²) in [5, 5.41) is 9.23. The Morgan fingerprint density at radius 2 is 2.27 bits per heavy atom. The molecule has 0 spiro atoms. The van der Waals surface area contributed by atoms with Crippen molar-refractivity contribution in [3.05, 3.63) is 0 Å². The molecule has 1 aliphatic heterocycles. The fourth-order valence-corrected chi connectivity index (χ4v) is 2.53. The molecule has 2 rings (SSSR count). The van der Waals surface area contributed by atoms with Crippen LogP contribution in [0.5, 0.6) is 0 Å². The van der Waals surface area contributed by atoms with Crippen LogP contribution in [0.1, 0.15) is 32.1 Å². The van der Waals surface area contributed by atoms with E-state index < -0.39 is 17.6 Å². The fourth-order valence-electron chi connectivity index (χ4n) is 2.53. The normalized spacial score (nSPS) is 37.3. The van der Waals surface area contributed by atoms with Crippen molar-refractivity contribution >= 4 is 5.97 Å². The highest BCUT2D eigenvalue weighted by Crippen LogP contribution is 2.44. The third-order valence-corrected chi connectivity index (χ3v) is 3.86. The number of hydrogen-bond donors (Lipinski definition) is 1. The van der Waals surface area contributed by atoms with Gasteiger partial charge in [0.05, 0.1) is 6.61 Å². The van der Waals surface area contributed by atoms with Crippen molar-refractivity contribution < 1.29 is 19.0 Å². The summed E-state index contributed by atoms with van der Waals surface area (Å²) in [5.74, 6) is -0.567. The smallest absolute Gasteiger partial charge is 0.312 e. The molecule has 0 aromatic carbocycles. The molecule has 4 heteroatoms. The van der Waals surface area contributed by atoms with Gasteiger partial charge in [-0.3, -0.25) is 4.79 Å². The summed E-state index contributed by atoms with van der Waals surface area (Å²) in [5.41, 5.74) is -1.16. The molecule has 3 nitrogen and oxygen atoms in total. The Morgan fingerprint density at radius 1 is 1.53 bits per heavy atom. The second-order valence-electron chi connectivity index (χ2n) is 4.75. The van der Waals surface area contributed by atoms with Gasteiger partial charge in [-0.15, -0.1) is 0 Å². The van der Waals surface area contributed by atoms with Gasteiger partial charge >= 0.3 is 5.97 Å². The van der Waals surface area contributed by atoms with Crippen LogP contribution in [0.25, 0.3) is 0 Å². The first-order chi connectivity index (χ1) is 7.15. The Balaban J connectivity index is 2.09. The average molecular weight is 216 g/mol. The van der Waals surface area contributed by atoms with E-state index in [1.54, 1.807) is 0 Å².